The molecule has 0 spiro atoms. The highest BCUT2D eigenvalue weighted by Crippen LogP contribution is 2.29. The fraction of sp³-hybridized carbons (Fsp3) is 0.583. The molecule has 1 aromatic heterocycles. The van der Waals surface area contributed by atoms with Crippen LogP contribution >= 0.6 is 0 Å². The number of hydrogen-bond donors (Lipinski definition) is 0. The lowest BCUT2D eigenvalue weighted by Crippen LogP contribution is -2.15. The van der Waals surface area contributed by atoms with Crippen LogP contribution in [0.5, 0.6) is 0 Å². The quantitative estimate of drug-likeness (QED) is 0.711. The standard InChI is InChI=1S/C12H19NO/c1-5-7-8-12(3,4)10-9-13-11(6-2)14-10/h6,9H,2,5,7-8H2,1,3-4H3. The minimum absolute atomic E-state index is 0.0876. The van der Waals surface area contributed by atoms with Crippen LogP contribution in [0.15, 0.2) is 17.2 Å². The van der Waals surface area contributed by atoms with Crippen LogP contribution in [-0.2, 0) is 5.41 Å². The Kier molecular flexibility index (Phi) is 3.50. The molecule has 0 radical (unpaired) electrons. The Balaban J connectivity index is 2.75. The summed E-state index contributed by atoms with van der Waals surface area (Å²) in [6.45, 7) is 10.2. The van der Waals surface area contributed by atoms with Crippen molar-refractivity contribution in [3.05, 3.63) is 24.4 Å². The van der Waals surface area contributed by atoms with E-state index in [2.05, 4.69) is 32.3 Å². The topological polar surface area (TPSA) is 26.0 Å². The first-order valence-electron chi connectivity index (χ1n) is 5.19. The molecule has 0 unspecified atom stereocenters. The van der Waals surface area contributed by atoms with Gasteiger partial charge in [-0.1, -0.05) is 40.2 Å². The van der Waals surface area contributed by atoms with Crippen LogP contribution in [0.25, 0.3) is 6.08 Å². The summed E-state index contributed by atoms with van der Waals surface area (Å²) in [7, 11) is 0. The maximum absolute atomic E-state index is 5.57. The minimum atomic E-state index is 0.0876. The van der Waals surface area contributed by atoms with Gasteiger partial charge in [0.05, 0.1) is 6.20 Å². The van der Waals surface area contributed by atoms with Gasteiger partial charge < -0.3 is 4.42 Å². The summed E-state index contributed by atoms with van der Waals surface area (Å²) in [6, 6.07) is 0. The van der Waals surface area contributed by atoms with E-state index in [0.29, 0.717) is 5.89 Å². The Morgan fingerprint density at radius 3 is 2.79 bits per heavy atom. The van der Waals surface area contributed by atoms with E-state index in [-0.39, 0.29) is 5.41 Å². The number of hydrogen-bond acceptors (Lipinski definition) is 2. The molecule has 0 amide bonds. The van der Waals surface area contributed by atoms with E-state index in [1.807, 2.05) is 6.20 Å². The molecule has 1 rings (SSSR count). The van der Waals surface area contributed by atoms with Gasteiger partial charge in [-0.25, -0.2) is 4.98 Å². The first-order chi connectivity index (χ1) is 6.60. The van der Waals surface area contributed by atoms with Gasteiger partial charge in [-0.05, 0) is 12.5 Å². The van der Waals surface area contributed by atoms with Crippen molar-refractivity contribution >= 4 is 6.08 Å². The maximum Gasteiger partial charge on any atom is 0.218 e. The molecule has 0 aliphatic heterocycles. The van der Waals surface area contributed by atoms with Crippen molar-refractivity contribution in [2.24, 2.45) is 0 Å². The van der Waals surface area contributed by atoms with Crippen molar-refractivity contribution in [1.29, 1.82) is 0 Å². The van der Waals surface area contributed by atoms with Crippen molar-refractivity contribution in [1.82, 2.24) is 4.98 Å². The summed E-state index contributed by atoms with van der Waals surface area (Å²) in [5, 5.41) is 0. The molecule has 0 N–H and O–H groups in total. The molecule has 78 valence electrons. The van der Waals surface area contributed by atoms with Crippen LogP contribution in [0.1, 0.15) is 51.7 Å². The highest BCUT2D eigenvalue weighted by Gasteiger charge is 2.24. The second kappa shape index (κ2) is 4.45. The van der Waals surface area contributed by atoms with Gasteiger partial charge in [0.2, 0.25) is 5.89 Å². The van der Waals surface area contributed by atoms with Gasteiger partial charge in [0.15, 0.2) is 0 Å². The Morgan fingerprint density at radius 2 is 2.29 bits per heavy atom. The Hall–Kier alpha value is -1.05. The van der Waals surface area contributed by atoms with Crippen molar-refractivity contribution in [2.75, 3.05) is 0 Å². The zero-order valence-corrected chi connectivity index (χ0v) is 9.34. The van der Waals surface area contributed by atoms with Crippen LogP contribution in [0.3, 0.4) is 0 Å². The molecular formula is C12H19NO. The smallest absolute Gasteiger partial charge is 0.218 e. The summed E-state index contributed by atoms with van der Waals surface area (Å²) in [6.07, 6.45) is 7.02. The molecule has 14 heavy (non-hydrogen) atoms. The van der Waals surface area contributed by atoms with E-state index in [9.17, 15) is 0 Å². The number of rotatable bonds is 5. The van der Waals surface area contributed by atoms with E-state index in [1.54, 1.807) is 6.08 Å². The fourth-order valence-corrected chi connectivity index (χ4v) is 1.44. The van der Waals surface area contributed by atoms with E-state index >= 15 is 0 Å². The van der Waals surface area contributed by atoms with Gasteiger partial charge in [0.25, 0.3) is 0 Å². The molecule has 0 saturated carbocycles. The summed E-state index contributed by atoms with van der Waals surface area (Å²) < 4.78 is 5.57. The van der Waals surface area contributed by atoms with E-state index in [4.69, 9.17) is 4.42 Å². The fourth-order valence-electron chi connectivity index (χ4n) is 1.44. The van der Waals surface area contributed by atoms with Crippen molar-refractivity contribution in [3.8, 4) is 0 Å². The lowest BCUT2D eigenvalue weighted by molar-refractivity contribution is 0.352. The SMILES string of the molecule is C=Cc1ncc(C(C)(C)CCCC)o1. The number of oxazole rings is 1. The number of unbranched alkanes of at least 4 members (excludes halogenated alkanes) is 1. The molecule has 2 heteroatoms. The van der Waals surface area contributed by atoms with Crippen LogP contribution in [0.4, 0.5) is 0 Å². The van der Waals surface area contributed by atoms with E-state index < -0.39 is 0 Å². The molecule has 0 fully saturated rings. The lowest BCUT2D eigenvalue weighted by Gasteiger charge is -2.20. The van der Waals surface area contributed by atoms with Gasteiger partial charge in [-0.3, -0.25) is 0 Å². The van der Waals surface area contributed by atoms with Crippen LogP contribution < -0.4 is 0 Å². The van der Waals surface area contributed by atoms with Crippen LogP contribution in [0, 0.1) is 0 Å². The normalized spacial score (nSPS) is 11.6. The molecule has 1 aromatic rings. The summed E-state index contributed by atoms with van der Waals surface area (Å²) in [4.78, 5) is 4.12. The molecule has 0 saturated heterocycles. The molecular weight excluding hydrogens is 174 g/mol. The largest absolute Gasteiger partial charge is 0.441 e. The second-order valence-corrected chi connectivity index (χ2v) is 4.25. The molecule has 1 heterocycles. The zero-order valence-electron chi connectivity index (χ0n) is 9.34. The lowest BCUT2D eigenvalue weighted by atomic mass is 9.85. The van der Waals surface area contributed by atoms with Crippen molar-refractivity contribution in [3.63, 3.8) is 0 Å². The molecule has 0 aliphatic rings. The minimum Gasteiger partial charge on any atom is -0.441 e. The molecule has 0 atom stereocenters. The molecule has 0 aromatic carbocycles. The third kappa shape index (κ3) is 2.47. The van der Waals surface area contributed by atoms with E-state index in [0.717, 1.165) is 12.2 Å². The average Bonchev–Trinajstić information content (AvgIpc) is 2.63. The predicted octanol–water partition coefficient (Wildman–Crippen LogP) is 3.79. The zero-order chi connectivity index (χ0) is 10.6. The van der Waals surface area contributed by atoms with Gasteiger partial charge in [-0.2, -0.15) is 0 Å². The third-order valence-electron chi connectivity index (χ3n) is 2.52. The monoisotopic (exact) mass is 193 g/mol. The van der Waals surface area contributed by atoms with Gasteiger partial charge in [0.1, 0.15) is 5.76 Å². The van der Waals surface area contributed by atoms with E-state index in [1.165, 1.54) is 12.8 Å². The van der Waals surface area contributed by atoms with Gasteiger partial charge in [-0.15, -0.1) is 0 Å². The van der Waals surface area contributed by atoms with Crippen LogP contribution in [0.2, 0.25) is 0 Å². The van der Waals surface area contributed by atoms with Gasteiger partial charge in [0, 0.05) is 5.41 Å². The predicted molar refractivity (Wildman–Crippen MR) is 59.1 cm³/mol. The molecule has 2 nitrogen and oxygen atoms in total. The first-order valence-corrected chi connectivity index (χ1v) is 5.19. The summed E-state index contributed by atoms with van der Waals surface area (Å²) in [5.74, 6) is 1.57. The summed E-state index contributed by atoms with van der Waals surface area (Å²) in [5.41, 5.74) is 0.0876. The third-order valence-corrected chi connectivity index (χ3v) is 2.52. The summed E-state index contributed by atoms with van der Waals surface area (Å²) >= 11 is 0. The highest BCUT2D eigenvalue weighted by atomic mass is 16.4. The first kappa shape index (κ1) is 11.0. The Bertz CT molecular complexity index is 299. The maximum atomic E-state index is 5.57. The van der Waals surface area contributed by atoms with Crippen LogP contribution in [-0.4, -0.2) is 4.98 Å². The van der Waals surface area contributed by atoms with Gasteiger partial charge >= 0.3 is 0 Å². The number of aromatic nitrogens is 1. The van der Waals surface area contributed by atoms with Crippen molar-refractivity contribution in [2.45, 2.75) is 45.4 Å². The Labute approximate surface area is 86.0 Å². The molecule has 0 aliphatic carbocycles. The average molecular weight is 193 g/mol. The second-order valence-electron chi connectivity index (χ2n) is 4.25. The van der Waals surface area contributed by atoms with Crippen molar-refractivity contribution < 1.29 is 4.42 Å². The Morgan fingerprint density at radius 1 is 1.57 bits per heavy atom. The highest BCUT2D eigenvalue weighted by molar-refractivity contribution is 5.33. The number of nitrogens with zero attached hydrogens (tertiary/aromatic N) is 1. The molecule has 0 bridgehead atoms.